The second kappa shape index (κ2) is 6.07. The van der Waals surface area contributed by atoms with Crippen LogP contribution in [0.5, 0.6) is 0 Å². The smallest absolute Gasteiger partial charge is 0.413 e. The molecule has 1 aromatic heterocycles. The topological polar surface area (TPSA) is 65.5 Å². The van der Waals surface area contributed by atoms with Crippen LogP contribution in [0.3, 0.4) is 0 Å². The highest BCUT2D eigenvalue weighted by Gasteiger charge is 2.49. The summed E-state index contributed by atoms with van der Waals surface area (Å²) in [4.78, 5) is 15.4. The maximum absolute atomic E-state index is 13.4. The quantitative estimate of drug-likeness (QED) is 0.839. The Morgan fingerprint density at radius 3 is 2.67 bits per heavy atom. The van der Waals surface area contributed by atoms with Crippen LogP contribution in [0.1, 0.15) is 18.0 Å². The summed E-state index contributed by atoms with van der Waals surface area (Å²) in [5.74, 6) is 0. The van der Waals surface area contributed by atoms with E-state index in [1.165, 1.54) is 6.07 Å². The van der Waals surface area contributed by atoms with Crippen LogP contribution in [0, 0.1) is 0 Å². The van der Waals surface area contributed by atoms with Gasteiger partial charge in [0.2, 0.25) is 0 Å². The molecule has 21 heavy (non-hydrogen) atoms. The first kappa shape index (κ1) is 15.8. The van der Waals surface area contributed by atoms with Gasteiger partial charge in [-0.15, -0.1) is 0 Å². The predicted molar refractivity (Wildman–Crippen MR) is 69.2 cm³/mol. The molecule has 5 nitrogen and oxygen atoms in total. The van der Waals surface area contributed by atoms with Gasteiger partial charge >= 0.3 is 12.3 Å². The van der Waals surface area contributed by atoms with Gasteiger partial charge in [0.15, 0.2) is 6.04 Å². The fourth-order valence-electron chi connectivity index (χ4n) is 2.41. The van der Waals surface area contributed by atoms with Gasteiger partial charge < -0.3 is 10.4 Å². The summed E-state index contributed by atoms with van der Waals surface area (Å²) < 4.78 is 40.2. The lowest BCUT2D eigenvalue weighted by Gasteiger charge is -2.35. The Morgan fingerprint density at radius 2 is 2.24 bits per heavy atom. The third kappa shape index (κ3) is 3.56. The van der Waals surface area contributed by atoms with Crippen LogP contribution in [0.25, 0.3) is 0 Å². The molecule has 1 unspecified atom stereocenters. The van der Waals surface area contributed by atoms with Gasteiger partial charge in [0.05, 0.1) is 0 Å². The highest BCUT2D eigenvalue weighted by molar-refractivity contribution is 6.29. The van der Waals surface area contributed by atoms with Crippen LogP contribution in [-0.2, 0) is 0 Å². The largest absolute Gasteiger partial charge is 0.465 e. The van der Waals surface area contributed by atoms with Crippen LogP contribution in [0.15, 0.2) is 18.3 Å². The lowest BCUT2D eigenvalue weighted by molar-refractivity contribution is -0.185. The molecule has 0 saturated carbocycles. The average Bonchev–Trinajstić information content (AvgIpc) is 2.89. The minimum absolute atomic E-state index is 0.0454. The van der Waals surface area contributed by atoms with E-state index in [2.05, 4.69) is 10.3 Å². The molecule has 1 amide bonds. The molecule has 0 bridgehead atoms. The van der Waals surface area contributed by atoms with E-state index in [9.17, 15) is 23.1 Å². The molecule has 0 aromatic carbocycles. The number of nitrogens with zero attached hydrogens (tertiary/aromatic N) is 2. The van der Waals surface area contributed by atoms with Gasteiger partial charge in [-0.1, -0.05) is 17.7 Å². The maximum atomic E-state index is 13.4. The van der Waals surface area contributed by atoms with Crippen molar-refractivity contribution >= 4 is 17.7 Å². The van der Waals surface area contributed by atoms with Gasteiger partial charge in [0, 0.05) is 24.3 Å². The highest BCUT2D eigenvalue weighted by atomic mass is 35.5. The highest BCUT2D eigenvalue weighted by Crippen LogP contribution is 2.39. The van der Waals surface area contributed by atoms with E-state index in [-0.39, 0.29) is 17.3 Å². The van der Waals surface area contributed by atoms with Crippen molar-refractivity contribution in [1.82, 2.24) is 15.2 Å². The van der Waals surface area contributed by atoms with Crippen molar-refractivity contribution in [3.63, 3.8) is 0 Å². The van der Waals surface area contributed by atoms with E-state index in [4.69, 9.17) is 11.6 Å². The van der Waals surface area contributed by atoms with Crippen LogP contribution in [0.2, 0.25) is 5.15 Å². The minimum atomic E-state index is -4.74. The monoisotopic (exact) mass is 323 g/mol. The minimum Gasteiger partial charge on any atom is -0.465 e. The standard InChI is InChI=1S/C12H13ClF3N3O2/c13-9-2-1-7(5-18-9)10(12(14,15)16)19(11(20)21)8-3-4-17-6-8/h1-2,5,8,10,17H,3-4,6H2,(H,20,21)/t8-,10?/m0/s1. The number of hydrogen-bond donors (Lipinski definition) is 2. The molecular weight excluding hydrogens is 311 g/mol. The SMILES string of the molecule is O=C(O)N(C(c1ccc(Cl)nc1)C(F)(F)F)[C@H]1CCNC1. The number of pyridine rings is 1. The van der Waals surface area contributed by atoms with Gasteiger partial charge in [0.1, 0.15) is 5.15 Å². The molecule has 2 N–H and O–H groups in total. The lowest BCUT2D eigenvalue weighted by atomic mass is 10.0. The number of carboxylic acid groups (broad SMARTS) is 1. The Kier molecular flexibility index (Phi) is 4.58. The number of amides is 1. The Hall–Kier alpha value is -1.54. The number of aromatic nitrogens is 1. The second-order valence-electron chi connectivity index (χ2n) is 4.69. The van der Waals surface area contributed by atoms with E-state index >= 15 is 0 Å². The number of nitrogens with one attached hydrogen (secondary N) is 1. The van der Waals surface area contributed by atoms with Gasteiger partial charge in [-0.3, -0.25) is 4.90 Å². The molecule has 9 heteroatoms. The molecule has 0 aliphatic carbocycles. The van der Waals surface area contributed by atoms with Gasteiger partial charge in [-0.25, -0.2) is 9.78 Å². The number of hydrogen-bond acceptors (Lipinski definition) is 3. The summed E-state index contributed by atoms with van der Waals surface area (Å²) in [5, 5.41) is 12.1. The first-order valence-corrected chi connectivity index (χ1v) is 6.58. The molecule has 1 saturated heterocycles. The third-order valence-corrected chi connectivity index (χ3v) is 3.53. The molecule has 116 valence electrons. The first-order chi connectivity index (χ1) is 9.80. The van der Waals surface area contributed by atoms with Gasteiger partial charge in [0.25, 0.3) is 0 Å². The van der Waals surface area contributed by atoms with Crippen molar-refractivity contribution in [2.75, 3.05) is 13.1 Å². The van der Waals surface area contributed by atoms with Crippen LogP contribution in [-0.4, -0.2) is 46.4 Å². The van der Waals surface area contributed by atoms with E-state index in [0.29, 0.717) is 17.9 Å². The number of carbonyl (C=O) groups is 1. The van der Waals surface area contributed by atoms with Crippen molar-refractivity contribution in [2.24, 2.45) is 0 Å². The summed E-state index contributed by atoms with van der Waals surface area (Å²) in [6, 6.07) is -0.636. The van der Waals surface area contributed by atoms with Crippen LogP contribution < -0.4 is 5.32 Å². The molecule has 1 aliphatic heterocycles. The van der Waals surface area contributed by atoms with Crippen LogP contribution in [0.4, 0.5) is 18.0 Å². The fraction of sp³-hybridized carbons (Fsp3) is 0.500. The first-order valence-electron chi connectivity index (χ1n) is 6.21. The van der Waals surface area contributed by atoms with E-state index < -0.39 is 24.4 Å². The van der Waals surface area contributed by atoms with Crippen molar-refractivity contribution in [1.29, 1.82) is 0 Å². The van der Waals surface area contributed by atoms with Gasteiger partial charge in [-0.2, -0.15) is 13.2 Å². The molecule has 2 atom stereocenters. The van der Waals surface area contributed by atoms with Crippen molar-refractivity contribution in [3.05, 3.63) is 29.0 Å². The lowest BCUT2D eigenvalue weighted by Crippen LogP contribution is -2.48. The Labute approximate surface area is 123 Å². The molecule has 2 heterocycles. The average molecular weight is 324 g/mol. The molecule has 2 rings (SSSR count). The second-order valence-corrected chi connectivity index (χ2v) is 5.08. The normalized spacial score (nSPS) is 20.3. The molecule has 1 fully saturated rings. The zero-order valence-corrected chi connectivity index (χ0v) is 11.5. The van der Waals surface area contributed by atoms with Crippen molar-refractivity contribution in [2.45, 2.75) is 24.7 Å². The summed E-state index contributed by atoms with van der Waals surface area (Å²) in [6.07, 6.45) is -5.06. The molecule has 0 radical (unpaired) electrons. The molecule has 1 aromatic rings. The number of rotatable bonds is 3. The van der Waals surface area contributed by atoms with E-state index in [1.807, 2.05) is 0 Å². The number of alkyl halides is 3. The molecule has 1 aliphatic rings. The van der Waals surface area contributed by atoms with E-state index in [0.717, 1.165) is 12.3 Å². The van der Waals surface area contributed by atoms with E-state index in [1.54, 1.807) is 0 Å². The van der Waals surface area contributed by atoms with Crippen molar-refractivity contribution < 1.29 is 23.1 Å². The fourth-order valence-corrected chi connectivity index (χ4v) is 2.52. The van der Waals surface area contributed by atoms with Gasteiger partial charge in [-0.05, 0) is 19.0 Å². The summed E-state index contributed by atoms with van der Waals surface area (Å²) in [7, 11) is 0. The summed E-state index contributed by atoms with van der Waals surface area (Å²) in [5.41, 5.74) is -0.249. The zero-order chi connectivity index (χ0) is 15.6. The van der Waals surface area contributed by atoms with Crippen molar-refractivity contribution in [3.8, 4) is 0 Å². The third-order valence-electron chi connectivity index (χ3n) is 3.30. The summed E-state index contributed by atoms with van der Waals surface area (Å²) >= 11 is 5.57. The Morgan fingerprint density at radius 1 is 1.52 bits per heavy atom. The molecular formula is C12H13ClF3N3O2. The Balaban J connectivity index is 2.42. The molecule has 0 spiro atoms. The summed E-state index contributed by atoms with van der Waals surface area (Å²) in [6.45, 7) is 0.678. The predicted octanol–water partition coefficient (Wildman–Crippen LogP) is 2.68. The van der Waals surface area contributed by atoms with Crippen LogP contribution >= 0.6 is 11.6 Å². The zero-order valence-electron chi connectivity index (χ0n) is 10.8. The maximum Gasteiger partial charge on any atom is 0.413 e. The Bertz CT molecular complexity index is 503. The number of halogens is 4.